The van der Waals surface area contributed by atoms with Crippen molar-refractivity contribution >= 4 is 46.7 Å². The molecule has 1 amide bonds. The van der Waals surface area contributed by atoms with Gasteiger partial charge in [0, 0.05) is 5.69 Å². The molecule has 0 aliphatic carbocycles. The maximum atomic E-state index is 12.5. The van der Waals surface area contributed by atoms with E-state index < -0.39 is 17.9 Å². The van der Waals surface area contributed by atoms with Crippen molar-refractivity contribution in [2.75, 3.05) is 5.32 Å². The molecule has 0 bridgehead atoms. The number of nitriles is 1. The Morgan fingerprint density at radius 1 is 1.07 bits per heavy atom. The zero-order valence-corrected chi connectivity index (χ0v) is 14.8. The lowest BCUT2D eigenvalue weighted by Gasteiger charge is -2.08. The SMILES string of the molecule is N#C/C(=C\c1cccc(NC(=O)C(F)(F)F)c1)C(=O)c1c(Cl)cccc1Cl. The molecule has 2 aromatic carbocycles. The Hall–Kier alpha value is -2.82. The maximum Gasteiger partial charge on any atom is 0.471 e. The summed E-state index contributed by atoms with van der Waals surface area (Å²) in [6.45, 7) is 0. The van der Waals surface area contributed by atoms with Crippen LogP contribution in [0.4, 0.5) is 18.9 Å². The monoisotopic (exact) mass is 412 g/mol. The first-order valence-electron chi connectivity index (χ1n) is 7.22. The van der Waals surface area contributed by atoms with Gasteiger partial charge in [0.25, 0.3) is 0 Å². The van der Waals surface area contributed by atoms with E-state index in [1.54, 1.807) is 11.4 Å². The van der Waals surface area contributed by atoms with Gasteiger partial charge >= 0.3 is 12.1 Å². The average molecular weight is 413 g/mol. The maximum absolute atomic E-state index is 12.5. The highest BCUT2D eigenvalue weighted by molar-refractivity contribution is 6.41. The zero-order valence-electron chi connectivity index (χ0n) is 13.3. The minimum atomic E-state index is -5.04. The van der Waals surface area contributed by atoms with Gasteiger partial charge in [0.05, 0.1) is 15.6 Å². The summed E-state index contributed by atoms with van der Waals surface area (Å²) in [5.74, 6) is -2.87. The van der Waals surface area contributed by atoms with E-state index in [2.05, 4.69) is 0 Å². The lowest BCUT2D eigenvalue weighted by atomic mass is 10.0. The number of rotatable bonds is 4. The van der Waals surface area contributed by atoms with Crippen molar-refractivity contribution in [3.05, 3.63) is 69.2 Å². The Morgan fingerprint density at radius 3 is 2.22 bits per heavy atom. The van der Waals surface area contributed by atoms with Crippen molar-refractivity contribution in [3.8, 4) is 6.07 Å². The van der Waals surface area contributed by atoms with Gasteiger partial charge < -0.3 is 5.32 Å². The molecular weight excluding hydrogens is 404 g/mol. The van der Waals surface area contributed by atoms with Crippen LogP contribution in [0.1, 0.15) is 15.9 Å². The van der Waals surface area contributed by atoms with Crippen LogP contribution in [0.15, 0.2) is 48.0 Å². The van der Waals surface area contributed by atoms with Crippen LogP contribution in [-0.4, -0.2) is 17.9 Å². The molecule has 0 heterocycles. The van der Waals surface area contributed by atoms with Crippen molar-refractivity contribution in [2.45, 2.75) is 6.18 Å². The van der Waals surface area contributed by atoms with Crippen LogP contribution in [0.5, 0.6) is 0 Å². The molecule has 27 heavy (non-hydrogen) atoms. The molecule has 0 unspecified atom stereocenters. The Labute approximate surface area is 161 Å². The number of alkyl halides is 3. The molecule has 138 valence electrons. The number of nitrogens with zero attached hydrogens (tertiary/aromatic N) is 1. The summed E-state index contributed by atoms with van der Waals surface area (Å²) >= 11 is 11.9. The molecule has 0 aliphatic heterocycles. The molecule has 0 aliphatic rings. The normalized spacial score (nSPS) is 11.6. The fourth-order valence-electron chi connectivity index (χ4n) is 2.07. The van der Waals surface area contributed by atoms with Gasteiger partial charge in [-0.2, -0.15) is 18.4 Å². The van der Waals surface area contributed by atoms with Gasteiger partial charge in [-0.05, 0) is 35.9 Å². The van der Waals surface area contributed by atoms with Gasteiger partial charge in [0.2, 0.25) is 5.78 Å². The number of carbonyl (C=O) groups excluding carboxylic acids is 2. The number of allylic oxidation sites excluding steroid dienone is 1. The highest BCUT2D eigenvalue weighted by atomic mass is 35.5. The number of halogens is 5. The Bertz CT molecular complexity index is 959. The van der Waals surface area contributed by atoms with Crippen molar-refractivity contribution in [1.82, 2.24) is 0 Å². The van der Waals surface area contributed by atoms with E-state index in [4.69, 9.17) is 23.2 Å². The first-order chi connectivity index (χ1) is 12.6. The second-order valence-corrected chi connectivity index (χ2v) is 5.99. The predicted molar refractivity (Wildman–Crippen MR) is 95.5 cm³/mol. The number of benzene rings is 2. The molecule has 0 spiro atoms. The standard InChI is InChI=1S/C18H9Cl2F3N2O2/c19-13-5-2-6-14(20)15(13)16(26)11(9-24)7-10-3-1-4-12(8-10)25-17(27)18(21,22)23/h1-8H,(H,25,27)/b11-7+. The highest BCUT2D eigenvalue weighted by Crippen LogP contribution is 2.27. The summed E-state index contributed by atoms with van der Waals surface area (Å²) < 4.78 is 37.0. The fourth-order valence-corrected chi connectivity index (χ4v) is 2.64. The summed E-state index contributed by atoms with van der Waals surface area (Å²) in [5.41, 5.74) is -0.311. The van der Waals surface area contributed by atoms with E-state index in [0.29, 0.717) is 0 Å². The molecule has 2 rings (SSSR count). The largest absolute Gasteiger partial charge is 0.471 e. The first-order valence-corrected chi connectivity index (χ1v) is 7.98. The number of amides is 1. The number of carbonyl (C=O) groups is 2. The highest BCUT2D eigenvalue weighted by Gasteiger charge is 2.38. The second kappa shape index (κ2) is 8.25. The fraction of sp³-hybridized carbons (Fsp3) is 0.0556. The lowest BCUT2D eigenvalue weighted by Crippen LogP contribution is -2.29. The van der Waals surface area contributed by atoms with Crippen LogP contribution >= 0.6 is 23.2 Å². The topological polar surface area (TPSA) is 70.0 Å². The lowest BCUT2D eigenvalue weighted by molar-refractivity contribution is -0.167. The van der Waals surface area contributed by atoms with E-state index in [-0.39, 0.29) is 32.4 Å². The molecule has 0 atom stereocenters. The number of anilines is 1. The third-order valence-corrected chi connectivity index (χ3v) is 3.90. The van der Waals surface area contributed by atoms with Crippen LogP contribution in [0.25, 0.3) is 6.08 Å². The third-order valence-electron chi connectivity index (χ3n) is 3.27. The third kappa shape index (κ3) is 5.09. The Morgan fingerprint density at radius 2 is 1.67 bits per heavy atom. The molecule has 0 fully saturated rings. The number of nitrogens with one attached hydrogen (secondary N) is 1. The van der Waals surface area contributed by atoms with E-state index in [9.17, 15) is 28.0 Å². The Balaban J connectivity index is 2.36. The number of Topliss-reactive ketones (excluding diaryl/α,β-unsaturated/α-hetero) is 1. The zero-order chi connectivity index (χ0) is 20.2. The van der Waals surface area contributed by atoms with Crippen molar-refractivity contribution in [1.29, 1.82) is 5.26 Å². The molecule has 0 aromatic heterocycles. The summed E-state index contributed by atoms with van der Waals surface area (Å²) in [7, 11) is 0. The molecule has 0 radical (unpaired) electrons. The molecular formula is C18H9Cl2F3N2O2. The molecule has 0 saturated carbocycles. The van der Waals surface area contributed by atoms with Crippen molar-refractivity contribution in [2.24, 2.45) is 0 Å². The first kappa shape index (κ1) is 20.5. The summed E-state index contributed by atoms with van der Waals surface area (Å²) in [5, 5.41) is 11.1. The van der Waals surface area contributed by atoms with Crippen molar-refractivity contribution in [3.63, 3.8) is 0 Å². The van der Waals surface area contributed by atoms with Crippen LogP contribution < -0.4 is 5.32 Å². The van der Waals surface area contributed by atoms with Crippen LogP contribution in [0, 0.1) is 11.3 Å². The van der Waals surface area contributed by atoms with Gasteiger partial charge in [-0.15, -0.1) is 0 Å². The molecule has 2 aromatic rings. The van der Waals surface area contributed by atoms with Gasteiger partial charge in [-0.3, -0.25) is 9.59 Å². The molecule has 0 saturated heterocycles. The number of hydrogen-bond acceptors (Lipinski definition) is 3. The average Bonchev–Trinajstić information content (AvgIpc) is 2.59. The van der Waals surface area contributed by atoms with Crippen LogP contribution in [0.3, 0.4) is 0 Å². The summed E-state index contributed by atoms with van der Waals surface area (Å²) in [6.07, 6.45) is -3.88. The van der Waals surface area contributed by atoms with Crippen LogP contribution in [0.2, 0.25) is 10.0 Å². The number of ketones is 1. The summed E-state index contributed by atoms with van der Waals surface area (Å²) in [6, 6.07) is 11.3. The number of hydrogen-bond donors (Lipinski definition) is 1. The van der Waals surface area contributed by atoms with E-state index in [1.165, 1.54) is 42.5 Å². The molecule has 9 heteroatoms. The van der Waals surface area contributed by atoms with E-state index in [0.717, 1.165) is 6.08 Å². The van der Waals surface area contributed by atoms with Crippen LogP contribution in [-0.2, 0) is 4.79 Å². The molecule has 1 N–H and O–H groups in total. The minimum absolute atomic E-state index is 0.0554. The quantitative estimate of drug-likeness (QED) is 0.421. The summed E-state index contributed by atoms with van der Waals surface area (Å²) in [4.78, 5) is 23.5. The van der Waals surface area contributed by atoms with Gasteiger partial charge in [-0.1, -0.05) is 41.4 Å². The Kier molecular flexibility index (Phi) is 6.26. The van der Waals surface area contributed by atoms with Gasteiger partial charge in [-0.25, -0.2) is 0 Å². The van der Waals surface area contributed by atoms with E-state index in [1.807, 2.05) is 0 Å². The second-order valence-electron chi connectivity index (χ2n) is 5.17. The smallest absolute Gasteiger partial charge is 0.318 e. The minimum Gasteiger partial charge on any atom is -0.318 e. The van der Waals surface area contributed by atoms with Gasteiger partial charge in [0.15, 0.2) is 0 Å². The van der Waals surface area contributed by atoms with Crippen molar-refractivity contribution < 1.29 is 22.8 Å². The predicted octanol–water partition coefficient (Wildman–Crippen LogP) is 5.28. The molecule has 4 nitrogen and oxygen atoms in total. The van der Waals surface area contributed by atoms with Gasteiger partial charge in [0.1, 0.15) is 11.6 Å². The van der Waals surface area contributed by atoms with E-state index >= 15 is 0 Å².